The molecule has 0 radical (unpaired) electrons. The molecule has 0 aromatic carbocycles. The van der Waals surface area contributed by atoms with Crippen LogP contribution in [0.15, 0.2) is 0 Å². The van der Waals surface area contributed by atoms with Crippen LogP contribution in [-0.4, -0.2) is 17.2 Å². The molecule has 0 aromatic rings. The summed E-state index contributed by atoms with van der Waals surface area (Å²) >= 11 is 0. The van der Waals surface area contributed by atoms with E-state index >= 15 is 0 Å². The maximum atomic E-state index is 11.9. The molecule has 1 saturated carbocycles. The SMILES string of the molecule is CC1CCCC(C#N)(NC(=O)OC(C)(C)C)C1C. The second-order valence-electron chi connectivity index (χ2n) is 6.37. The molecule has 18 heavy (non-hydrogen) atoms. The zero-order chi connectivity index (χ0) is 14.0. The van der Waals surface area contributed by atoms with E-state index < -0.39 is 17.2 Å². The number of nitrogens with one attached hydrogen (secondary N) is 1. The van der Waals surface area contributed by atoms with Crippen LogP contribution in [0, 0.1) is 23.2 Å². The molecule has 0 aliphatic heterocycles. The van der Waals surface area contributed by atoms with Crippen LogP contribution in [0.4, 0.5) is 4.79 Å². The average molecular weight is 252 g/mol. The Morgan fingerprint density at radius 2 is 2.06 bits per heavy atom. The molecule has 0 saturated heterocycles. The van der Waals surface area contributed by atoms with Crippen molar-refractivity contribution >= 4 is 6.09 Å². The fourth-order valence-electron chi connectivity index (χ4n) is 2.51. The van der Waals surface area contributed by atoms with Crippen LogP contribution >= 0.6 is 0 Å². The van der Waals surface area contributed by atoms with Gasteiger partial charge in [0, 0.05) is 0 Å². The maximum Gasteiger partial charge on any atom is 0.408 e. The van der Waals surface area contributed by atoms with Gasteiger partial charge in [0.25, 0.3) is 0 Å². The third-order valence-corrected chi connectivity index (χ3v) is 3.78. The van der Waals surface area contributed by atoms with Crippen molar-refractivity contribution in [1.29, 1.82) is 5.26 Å². The molecule has 3 atom stereocenters. The van der Waals surface area contributed by atoms with Crippen molar-refractivity contribution in [3.63, 3.8) is 0 Å². The number of ether oxygens (including phenoxy) is 1. The van der Waals surface area contributed by atoms with Gasteiger partial charge < -0.3 is 10.1 Å². The molecule has 1 amide bonds. The molecule has 4 nitrogen and oxygen atoms in total. The van der Waals surface area contributed by atoms with Gasteiger partial charge in [-0.3, -0.25) is 0 Å². The van der Waals surface area contributed by atoms with Crippen LogP contribution in [0.5, 0.6) is 0 Å². The molecule has 0 spiro atoms. The number of nitrogens with zero attached hydrogens (tertiary/aromatic N) is 1. The Kier molecular flexibility index (Phi) is 4.26. The highest BCUT2D eigenvalue weighted by molar-refractivity contribution is 5.69. The largest absolute Gasteiger partial charge is 0.444 e. The summed E-state index contributed by atoms with van der Waals surface area (Å²) < 4.78 is 5.25. The number of amides is 1. The molecule has 102 valence electrons. The summed E-state index contributed by atoms with van der Waals surface area (Å²) in [6.45, 7) is 9.62. The Bertz CT molecular complexity index is 354. The Morgan fingerprint density at radius 3 is 2.56 bits per heavy atom. The molecule has 0 aromatic heterocycles. The van der Waals surface area contributed by atoms with Crippen LogP contribution in [0.1, 0.15) is 53.9 Å². The van der Waals surface area contributed by atoms with E-state index in [0.717, 1.165) is 12.8 Å². The van der Waals surface area contributed by atoms with Crippen molar-refractivity contribution in [2.75, 3.05) is 0 Å². The minimum absolute atomic E-state index is 0.142. The zero-order valence-electron chi connectivity index (χ0n) is 12.0. The summed E-state index contributed by atoms with van der Waals surface area (Å²) in [7, 11) is 0. The highest BCUT2D eigenvalue weighted by Gasteiger charge is 2.43. The van der Waals surface area contributed by atoms with Crippen molar-refractivity contribution in [2.45, 2.75) is 65.0 Å². The van der Waals surface area contributed by atoms with Gasteiger partial charge in [0.15, 0.2) is 0 Å². The topological polar surface area (TPSA) is 62.1 Å². The summed E-state index contributed by atoms with van der Waals surface area (Å²) in [5, 5.41) is 12.3. The number of rotatable bonds is 1. The average Bonchev–Trinajstić information content (AvgIpc) is 2.22. The van der Waals surface area contributed by atoms with Gasteiger partial charge in [0.2, 0.25) is 0 Å². The van der Waals surface area contributed by atoms with Crippen LogP contribution in [0.3, 0.4) is 0 Å². The lowest BCUT2D eigenvalue weighted by atomic mass is 9.69. The fraction of sp³-hybridized carbons (Fsp3) is 0.857. The number of alkyl carbamates (subject to hydrolysis) is 1. The van der Waals surface area contributed by atoms with Crippen LogP contribution < -0.4 is 5.32 Å². The Balaban J connectivity index is 2.78. The van der Waals surface area contributed by atoms with Gasteiger partial charge in [-0.2, -0.15) is 5.26 Å². The third kappa shape index (κ3) is 3.38. The van der Waals surface area contributed by atoms with Crippen molar-refractivity contribution in [3.05, 3.63) is 0 Å². The van der Waals surface area contributed by atoms with E-state index in [4.69, 9.17) is 4.74 Å². The lowest BCUT2D eigenvalue weighted by Gasteiger charge is -2.41. The van der Waals surface area contributed by atoms with Crippen LogP contribution in [-0.2, 0) is 4.74 Å². The monoisotopic (exact) mass is 252 g/mol. The van der Waals surface area contributed by atoms with E-state index in [0.29, 0.717) is 12.3 Å². The van der Waals surface area contributed by atoms with Gasteiger partial charge in [0.1, 0.15) is 11.1 Å². The van der Waals surface area contributed by atoms with Crippen molar-refractivity contribution in [1.82, 2.24) is 5.32 Å². The summed E-state index contributed by atoms with van der Waals surface area (Å²) in [6.07, 6.45) is 2.29. The summed E-state index contributed by atoms with van der Waals surface area (Å²) in [5.41, 5.74) is -1.32. The predicted molar refractivity (Wildman–Crippen MR) is 69.9 cm³/mol. The lowest BCUT2D eigenvalue weighted by Crippen LogP contribution is -2.56. The molecule has 1 fully saturated rings. The first-order chi connectivity index (χ1) is 8.20. The van der Waals surface area contributed by atoms with E-state index in [2.05, 4.69) is 18.3 Å². The standard InChI is InChI=1S/C14H24N2O2/c1-10-7-6-8-14(9-15,11(10)2)16-12(17)18-13(3,4)5/h10-11H,6-8H2,1-5H3,(H,16,17). The van der Waals surface area contributed by atoms with Crippen molar-refractivity contribution < 1.29 is 9.53 Å². The first-order valence-electron chi connectivity index (χ1n) is 6.62. The smallest absolute Gasteiger partial charge is 0.408 e. The summed E-state index contributed by atoms with van der Waals surface area (Å²) in [4.78, 5) is 11.9. The third-order valence-electron chi connectivity index (χ3n) is 3.78. The van der Waals surface area contributed by atoms with Gasteiger partial charge in [-0.05, 0) is 45.4 Å². The minimum Gasteiger partial charge on any atom is -0.444 e. The molecule has 1 rings (SSSR count). The Labute approximate surface area is 110 Å². The molecule has 3 unspecified atom stereocenters. The Hall–Kier alpha value is -1.24. The molecular formula is C14H24N2O2. The number of carbonyl (C=O) groups is 1. The highest BCUT2D eigenvalue weighted by Crippen LogP contribution is 2.37. The second kappa shape index (κ2) is 5.17. The van der Waals surface area contributed by atoms with E-state index in [1.165, 1.54) is 0 Å². The predicted octanol–water partition coefficient (Wildman–Crippen LogP) is 3.23. The molecule has 1 N–H and O–H groups in total. The molecule has 0 heterocycles. The van der Waals surface area contributed by atoms with Crippen molar-refractivity contribution in [2.24, 2.45) is 11.8 Å². The van der Waals surface area contributed by atoms with E-state index in [-0.39, 0.29) is 5.92 Å². The van der Waals surface area contributed by atoms with Gasteiger partial charge in [-0.25, -0.2) is 4.79 Å². The first kappa shape index (κ1) is 14.8. The highest BCUT2D eigenvalue weighted by atomic mass is 16.6. The molecule has 0 bridgehead atoms. The van der Waals surface area contributed by atoms with Gasteiger partial charge in [-0.1, -0.05) is 20.3 Å². The summed E-state index contributed by atoms with van der Waals surface area (Å²) in [5.74, 6) is 0.581. The van der Waals surface area contributed by atoms with Gasteiger partial charge in [-0.15, -0.1) is 0 Å². The van der Waals surface area contributed by atoms with E-state index in [9.17, 15) is 10.1 Å². The molecular weight excluding hydrogens is 228 g/mol. The van der Waals surface area contributed by atoms with Crippen molar-refractivity contribution in [3.8, 4) is 6.07 Å². The number of hydrogen-bond acceptors (Lipinski definition) is 3. The Morgan fingerprint density at radius 1 is 1.44 bits per heavy atom. The first-order valence-corrected chi connectivity index (χ1v) is 6.62. The summed E-state index contributed by atoms with van der Waals surface area (Å²) in [6, 6.07) is 2.30. The van der Waals surface area contributed by atoms with Crippen LogP contribution in [0.25, 0.3) is 0 Å². The normalized spacial score (nSPS) is 32.4. The minimum atomic E-state index is -0.778. The maximum absolute atomic E-state index is 11.9. The van der Waals surface area contributed by atoms with Crippen LogP contribution in [0.2, 0.25) is 0 Å². The fourth-order valence-corrected chi connectivity index (χ4v) is 2.51. The number of hydrogen-bond donors (Lipinski definition) is 1. The lowest BCUT2D eigenvalue weighted by molar-refractivity contribution is 0.0393. The van der Waals surface area contributed by atoms with Gasteiger partial charge in [0.05, 0.1) is 6.07 Å². The van der Waals surface area contributed by atoms with E-state index in [1.807, 2.05) is 27.7 Å². The molecule has 4 heteroatoms. The number of carbonyl (C=O) groups excluding carboxylic acids is 1. The number of nitriles is 1. The van der Waals surface area contributed by atoms with Gasteiger partial charge >= 0.3 is 6.09 Å². The zero-order valence-corrected chi connectivity index (χ0v) is 12.0. The second-order valence-corrected chi connectivity index (χ2v) is 6.37. The molecule has 1 aliphatic carbocycles. The quantitative estimate of drug-likeness (QED) is 0.779. The molecule has 1 aliphatic rings. The van der Waals surface area contributed by atoms with E-state index in [1.54, 1.807) is 0 Å².